The third-order valence-corrected chi connectivity index (χ3v) is 10.5. The average molecular weight is 528 g/mol. The molecule has 14 heteroatoms. The van der Waals surface area contributed by atoms with Gasteiger partial charge in [0.25, 0.3) is 5.91 Å². The van der Waals surface area contributed by atoms with Crippen molar-refractivity contribution in [1.82, 2.24) is 9.62 Å². The molecule has 1 amide bonds. The van der Waals surface area contributed by atoms with E-state index in [4.69, 9.17) is 0 Å². The molecule has 3 aliphatic carbocycles. The molecule has 190 valence electrons. The van der Waals surface area contributed by atoms with E-state index >= 15 is 0 Å². The van der Waals surface area contributed by atoms with Gasteiger partial charge in [-0.05, 0) is 56.7 Å². The Hall–Kier alpha value is -1.93. The van der Waals surface area contributed by atoms with Gasteiger partial charge in [0.05, 0.1) is 28.2 Å². The van der Waals surface area contributed by atoms with Crippen molar-refractivity contribution >= 4 is 31.6 Å². The molecule has 2 N–H and O–H groups in total. The molecule has 4 fully saturated rings. The molecular formula is C20H25F4N3O5S2. The molecule has 8 nitrogen and oxygen atoms in total. The fraction of sp³-hybridized carbons (Fsp3) is 0.650. The second kappa shape index (κ2) is 8.33. The van der Waals surface area contributed by atoms with Crippen LogP contribution in [0.1, 0.15) is 48.9 Å². The van der Waals surface area contributed by atoms with Gasteiger partial charge >= 0.3 is 16.4 Å². The van der Waals surface area contributed by atoms with Gasteiger partial charge in [-0.1, -0.05) is 0 Å². The summed E-state index contributed by atoms with van der Waals surface area (Å²) in [4.78, 5) is 13.1. The number of hydrogen-bond acceptors (Lipinski definition) is 5. The number of rotatable bonds is 5. The smallest absolute Gasteiger partial charge is 0.347 e. The SMILES string of the molecule is O=C(NC12CCC(C(F)(F)F)(CC1)CC2)c1ccc(F)cc1NS(=O)(=O)N1CCS(=O)(=O)CC1. The number of halogens is 4. The summed E-state index contributed by atoms with van der Waals surface area (Å²) < 4.78 is 106. The van der Waals surface area contributed by atoms with E-state index in [0.717, 1.165) is 22.5 Å². The van der Waals surface area contributed by atoms with Crippen LogP contribution in [0.3, 0.4) is 0 Å². The van der Waals surface area contributed by atoms with E-state index in [-0.39, 0.29) is 74.4 Å². The first-order chi connectivity index (χ1) is 15.7. The highest BCUT2D eigenvalue weighted by Crippen LogP contribution is 2.59. The van der Waals surface area contributed by atoms with Crippen LogP contribution in [0.4, 0.5) is 23.2 Å². The van der Waals surface area contributed by atoms with Gasteiger partial charge in [0.2, 0.25) is 0 Å². The lowest BCUT2D eigenvalue weighted by Gasteiger charge is -2.53. The number of benzene rings is 1. The molecule has 1 aromatic rings. The molecule has 0 unspecified atom stereocenters. The van der Waals surface area contributed by atoms with Crippen LogP contribution in [0, 0.1) is 11.2 Å². The number of fused-ring (bicyclic) bond motifs is 3. The van der Waals surface area contributed by atoms with Crippen LogP contribution in [0.2, 0.25) is 0 Å². The molecule has 34 heavy (non-hydrogen) atoms. The van der Waals surface area contributed by atoms with Crippen molar-refractivity contribution in [2.24, 2.45) is 5.41 Å². The first-order valence-corrected chi connectivity index (χ1v) is 14.1. The minimum Gasteiger partial charge on any atom is -0.347 e. The van der Waals surface area contributed by atoms with Crippen molar-refractivity contribution in [2.75, 3.05) is 29.3 Å². The number of nitrogens with zero attached hydrogens (tertiary/aromatic N) is 1. The highest BCUT2D eigenvalue weighted by molar-refractivity contribution is 7.92. The van der Waals surface area contributed by atoms with Gasteiger partial charge in [0, 0.05) is 18.6 Å². The molecule has 0 atom stereocenters. The number of alkyl halides is 3. The normalized spacial score (nSPS) is 29.5. The van der Waals surface area contributed by atoms with Crippen LogP contribution in [0.15, 0.2) is 18.2 Å². The van der Waals surface area contributed by atoms with Crippen molar-refractivity contribution in [2.45, 2.75) is 50.2 Å². The van der Waals surface area contributed by atoms with Crippen LogP contribution in [-0.4, -0.2) is 63.4 Å². The highest BCUT2D eigenvalue weighted by Gasteiger charge is 2.61. The molecule has 1 saturated heterocycles. The predicted octanol–water partition coefficient (Wildman–Crippen LogP) is 2.60. The topological polar surface area (TPSA) is 113 Å². The minimum absolute atomic E-state index is 0.0997. The number of nitrogens with one attached hydrogen (secondary N) is 2. The maximum Gasteiger partial charge on any atom is 0.394 e. The van der Waals surface area contributed by atoms with Gasteiger partial charge in [0.15, 0.2) is 9.84 Å². The molecule has 0 spiro atoms. The molecule has 3 saturated carbocycles. The third-order valence-electron chi connectivity index (χ3n) is 7.33. The first kappa shape index (κ1) is 25.2. The summed E-state index contributed by atoms with van der Waals surface area (Å²) in [6.45, 7) is -0.558. The second-order valence-electron chi connectivity index (χ2n) is 9.36. The number of anilines is 1. The Morgan fingerprint density at radius 3 is 2.09 bits per heavy atom. The second-order valence-corrected chi connectivity index (χ2v) is 13.3. The number of hydrogen-bond donors (Lipinski definition) is 2. The number of amides is 1. The van der Waals surface area contributed by atoms with Crippen molar-refractivity contribution in [3.8, 4) is 0 Å². The quantitative estimate of drug-likeness (QED) is 0.572. The Bertz CT molecular complexity index is 1160. The van der Waals surface area contributed by atoms with Crippen LogP contribution in [0.5, 0.6) is 0 Å². The van der Waals surface area contributed by atoms with E-state index < -0.39 is 48.9 Å². The van der Waals surface area contributed by atoms with Crippen molar-refractivity contribution < 1.29 is 39.2 Å². The molecule has 0 radical (unpaired) electrons. The Labute approximate surface area is 195 Å². The summed E-state index contributed by atoms with van der Waals surface area (Å²) in [5.74, 6) is -2.24. The molecule has 0 aromatic heterocycles. The maximum absolute atomic E-state index is 13.9. The summed E-state index contributed by atoms with van der Waals surface area (Å²) in [5, 5.41) is 2.78. The average Bonchev–Trinajstić information content (AvgIpc) is 2.73. The molecular weight excluding hydrogens is 502 g/mol. The fourth-order valence-corrected chi connectivity index (χ4v) is 7.72. The lowest BCUT2D eigenvalue weighted by Crippen LogP contribution is -2.59. The van der Waals surface area contributed by atoms with Gasteiger partial charge in [-0.3, -0.25) is 9.52 Å². The van der Waals surface area contributed by atoms with Gasteiger partial charge < -0.3 is 5.32 Å². The van der Waals surface area contributed by atoms with E-state index in [9.17, 15) is 39.2 Å². The van der Waals surface area contributed by atoms with E-state index in [0.29, 0.717) is 0 Å². The van der Waals surface area contributed by atoms with Crippen molar-refractivity contribution in [1.29, 1.82) is 0 Å². The molecule has 4 aliphatic rings. The standard InChI is InChI=1S/C20H25F4N3O5S2/c21-14-1-2-15(16(13-14)26-34(31,32)27-9-11-33(29,30)12-10-27)17(28)25-19-6-3-18(4-7-19,5-8-19)20(22,23)24/h1-2,13,26H,3-12H2,(H,25,28). The highest BCUT2D eigenvalue weighted by atomic mass is 32.2. The summed E-state index contributed by atoms with van der Waals surface area (Å²) in [6.07, 6.45) is -4.18. The summed E-state index contributed by atoms with van der Waals surface area (Å²) >= 11 is 0. The van der Waals surface area contributed by atoms with Gasteiger partial charge in [-0.25, -0.2) is 12.8 Å². The summed E-state index contributed by atoms with van der Waals surface area (Å²) in [7, 11) is -7.62. The van der Waals surface area contributed by atoms with Gasteiger partial charge in [-0.15, -0.1) is 0 Å². The fourth-order valence-electron chi connectivity index (χ4n) is 5.04. The van der Waals surface area contributed by atoms with Crippen molar-refractivity contribution in [3.63, 3.8) is 0 Å². The number of carbonyl (C=O) groups excluding carboxylic acids is 1. The van der Waals surface area contributed by atoms with E-state index in [1.807, 2.05) is 0 Å². The Balaban J connectivity index is 1.51. The Morgan fingerprint density at radius 2 is 1.56 bits per heavy atom. The molecule has 2 bridgehead atoms. The number of sulfone groups is 1. The van der Waals surface area contributed by atoms with E-state index in [1.54, 1.807) is 0 Å². The zero-order valence-electron chi connectivity index (χ0n) is 18.1. The zero-order valence-corrected chi connectivity index (χ0v) is 19.8. The van der Waals surface area contributed by atoms with Crippen LogP contribution in [0.25, 0.3) is 0 Å². The molecule has 1 heterocycles. The molecule has 1 aliphatic heterocycles. The lowest BCUT2D eigenvalue weighted by atomic mass is 9.57. The third kappa shape index (κ3) is 4.76. The van der Waals surface area contributed by atoms with Crippen LogP contribution < -0.4 is 10.0 Å². The van der Waals surface area contributed by atoms with E-state index in [2.05, 4.69) is 10.0 Å². The predicted molar refractivity (Wildman–Crippen MR) is 116 cm³/mol. The molecule has 5 rings (SSSR count). The lowest BCUT2D eigenvalue weighted by molar-refractivity contribution is -0.253. The van der Waals surface area contributed by atoms with Crippen molar-refractivity contribution in [3.05, 3.63) is 29.6 Å². The summed E-state index contributed by atoms with van der Waals surface area (Å²) in [5.41, 5.74) is -3.07. The molecule has 1 aromatic carbocycles. The van der Waals surface area contributed by atoms with E-state index in [1.165, 1.54) is 0 Å². The summed E-state index contributed by atoms with van der Waals surface area (Å²) in [6, 6.07) is 2.92. The first-order valence-electron chi connectivity index (χ1n) is 10.8. The van der Waals surface area contributed by atoms with Gasteiger partial charge in [-0.2, -0.15) is 25.9 Å². The maximum atomic E-state index is 13.9. The zero-order chi connectivity index (χ0) is 25.0. The Morgan fingerprint density at radius 1 is 1.00 bits per heavy atom. The Kier molecular flexibility index (Phi) is 6.17. The minimum atomic E-state index is -4.31. The van der Waals surface area contributed by atoms with Gasteiger partial charge in [0.1, 0.15) is 5.82 Å². The largest absolute Gasteiger partial charge is 0.394 e. The van der Waals surface area contributed by atoms with Crippen LogP contribution in [-0.2, 0) is 20.0 Å². The monoisotopic (exact) mass is 527 g/mol. The number of carbonyl (C=O) groups is 1. The van der Waals surface area contributed by atoms with Crippen LogP contribution >= 0.6 is 0 Å².